The van der Waals surface area contributed by atoms with E-state index in [1.54, 1.807) is 30.3 Å². The molecule has 1 aromatic heterocycles. The molecule has 0 aliphatic rings. The van der Waals surface area contributed by atoms with Crippen LogP contribution in [0.2, 0.25) is 0 Å². The molecule has 1 amide bonds. The highest BCUT2D eigenvalue weighted by Gasteiger charge is 2.15. The third-order valence-corrected chi connectivity index (χ3v) is 4.15. The van der Waals surface area contributed by atoms with Crippen LogP contribution in [0.1, 0.15) is 16.5 Å². The molecule has 1 aromatic carbocycles. The van der Waals surface area contributed by atoms with Crippen LogP contribution in [0.15, 0.2) is 47.8 Å². The van der Waals surface area contributed by atoms with Crippen molar-refractivity contribution in [1.82, 2.24) is 10.2 Å². The molecule has 0 spiro atoms. The summed E-state index contributed by atoms with van der Waals surface area (Å²) in [6.45, 7) is 0.363. The van der Waals surface area contributed by atoms with Gasteiger partial charge in [0.05, 0.1) is 6.54 Å². The van der Waals surface area contributed by atoms with E-state index in [1.807, 2.05) is 24.3 Å². The second-order valence-electron chi connectivity index (χ2n) is 4.93. The van der Waals surface area contributed by atoms with Gasteiger partial charge in [-0.25, -0.2) is 0 Å². The molecule has 0 aliphatic carbocycles. The fourth-order valence-electron chi connectivity index (χ4n) is 1.98. The molecule has 4 heteroatoms. The van der Waals surface area contributed by atoms with Gasteiger partial charge in [-0.05, 0) is 23.4 Å². The molecule has 1 N–H and O–H groups in total. The molecule has 0 bridgehead atoms. The van der Waals surface area contributed by atoms with Gasteiger partial charge in [-0.2, -0.15) is 0 Å². The summed E-state index contributed by atoms with van der Waals surface area (Å²) in [6.07, 6.45) is 0.891. The summed E-state index contributed by atoms with van der Waals surface area (Å²) >= 11 is 1.72. The van der Waals surface area contributed by atoms with E-state index in [0.29, 0.717) is 6.54 Å². The Morgan fingerprint density at radius 2 is 1.95 bits per heavy atom. The minimum Gasteiger partial charge on any atom is -0.348 e. The molecule has 0 radical (unpaired) electrons. The molecule has 0 saturated carbocycles. The van der Waals surface area contributed by atoms with Gasteiger partial charge in [-0.15, -0.1) is 11.3 Å². The van der Waals surface area contributed by atoms with Crippen LogP contribution in [0.3, 0.4) is 0 Å². The normalized spacial score (nSPS) is 12.1. The third-order valence-electron chi connectivity index (χ3n) is 3.17. The Morgan fingerprint density at radius 3 is 2.55 bits per heavy atom. The van der Waals surface area contributed by atoms with Crippen LogP contribution < -0.4 is 5.32 Å². The number of rotatable bonds is 6. The van der Waals surface area contributed by atoms with Gasteiger partial charge < -0.3 is 10.2 Å². The zero-order chi connectivity index (χ0) is 14.4. The van der Waals surface area contributed by atoms with E-state index in [-0.39, 0.29) is 11.9 Å². The summed E-state index contributed by atoms with van der Waals surface area (Å²) < 4.78 is 0. The van der Waals surface area contributed by atoms with Gasteiger partial charge in [-0.3, -0.25) is 4.79 Å². The summed E-state index contributed by atoms with van der Waals surface area (Å²) in [6, 6.07) is 14.7. The number of thiophene rings is 1. The number of hydrogen-bond acceptors (Lipinski definition) is 3. The van der Waals surface area contributed by atoms with Crippen molar-refractivity contribution < 1.29 is 4.79 Å². The van der Waals surface area contributed by atoms with Gasteiger partial charge in [0, 0.05) is 25.0 Å². The Balaban J connectivity index is 2.04. The Labute approximate surface area is 124 Å². The highest BCUT2D eigenvalue weighted by atomic mass is 32.1. The van der Waals surface area contributed by atoms with Gasteiger partial charge in [-0.1, -0.05) is 36.4 Å². The van der Waals surface area contributed by atoms with Crippen LogP contribution in [-0.2, 0) is 11.2 Å². The first-order chi connectivity index (χ1) is 9.66. The molecular weight excluding hydrogens is 268 g/mol. The Hall–Kier alpha value is -1.65. The van der Waals surface area contributed by atoms with Crippen molar-refractivity contribution in [1.29, 1.82) is 0 Å². The fourth-order valence-corrected chi connectivity index (χ4v) is 2.78. The molecule has 0 saturated heterocycles. The van der Waals surface area contributed by atoms with Gasteiger partial charge in [0.15, 0.2) is 0 Å². The lowest BCUT2D eigenvalue weighted by molar-refractivity contribution is -0.127. The summed E-state index contributed by atoms with van der Waals surface area (Å²) in [7, 11) is 3.56. The van der Waals surface area contributed by atoms with Crippen LogP contribution in [0, 0.1) is 0 Å². The first-order valence-corrected chi connectivity index (χ1v) is 7.55. The summed E-state index contributed by atoms with van der Waals surface area (Å²) in [4.78, 5) is 14.6. The summed E-state index contributed by atoms with van der Waals surface area (Å²) in [5.41, 5.74) is 1.27. The Morgan fingerprint density at radius 1 is 1.20 bits per heavy atom. The predicted octanol–water partition coefficient (Wildman–Crippen LogP) is 2.71. The fraction of sp³-hybridized carbons (Fsp3) is 0.312. The molecule has 0 fully saturated rings. The number of hydrogen-bond donors (Lipinski definition) is 1. The second kappa shape index (κ2) is 7.22. The van der Waals surface area contributed by atoms with Gasteiger partial charge in [0.25, 0.3) is 0 Å². The molecule has 2 aromatic rings. The van der Waals surface area contributed by atoms with E-state index < -0.39 is 0 Å². The highest BCUT2D eigenvalue weighted by Crippen LogP contribution is 2.22. The number of nitrogens with zero attached hydrogens (tertiary/aromatic N) is 1. The zero-order valence-corrected chi connectivity index (χ0v) is 12.7. The van der Waals surface area contributed by atoms with E-state index in [1.165, 1.54) is 10.4 Å². The lowest BCUT2D eigenvalue weighted by Crippen LogP contribution is -2.35. The number of carbonyl (C=O) groups is 1. The van der Waals surface area contributed by atoms with Crippen molar-refractivity contribution >= 4 is 17.2 Å². The van der Waals surface area contributed by atoms with Gasteiger partial charge in [0.1, 0.15) is 0 Å². The Bertz CT molecular complexity index is 523. The van der Waals surface area contributed by atoms with E-state index in [4.69, 9.17) is 0 Å². The van der Waals surface area contributed by atoms with Crippen LogP contribution in [-0.4, -0.2) is 31.4 Å². The topological polar surface area (TPSA) is 32.3 Å². The maximum absolute atomic E-state index is 11.7. The molecule has 0 unspecified atom stereocenters. The minimum atomic E-state index is 0.0969. The van der Waals surface area contributed by atoms with Gasteiger partial charge in [0.2, 0.25) is 5.91 Å². The number of carbonyl (C=O) groups excluding carboxylic acids is 1. The first-order valence-electron chi connectivity index (χ1n) is 6.67. The van der Waals surface area contributed by atoms with Crippen molar-refractivity contribution in [3.8, 4) is 0 Å². The lowest BCUT2D eigenvalue weighted by atomic mass is 10.0. The standard InChI is InChI=1S/C16H20N2OS/c1-18(2)16(19)12-17-14(15-9-6-10-20-15)11-13-7-4-3-5-8-13/h3-10,14,17H,11-12H2,1-2H3/t14-/m0/s1. The molecule has 3 nitrogen and oxygen atoms in total. The van der Waals surface area contributed by atoms with E-state index in [2.05, 4.69) is 28.9 Å². The largest absolute Gasteiger partial charge is 0.348 e. The van der Waals surface area contributed by atoms with Crippen molar-refractivity contribution in [2.75, 3.05) is 20.6 Å². The summed E-state index contributed by atoms with van der Waals surface area (Å²) in [5.74, 6) is 0.0969. The first kappa shape index (κ1) is 14.8. The lowest BCUT2D eigenvalue weighted by Gasteiger charge is -2.19. The number of likely N-dealkylation sites (N-methyl/N-ethyl adjacent to an activating group) is 1. The van der Waals surface area contributed by atoms with Crippen LogP contribution in [0.5, 0.6) is 0 Å². The molecule has 1 heterocycles. The monoisotopic (exact) mass is 288 g/mol. The molecular formula is C16H20N2OS. The van der Waals surface area contributed by atoms with Gasteiger partial charge >= 0.3 is 0 Å². The predicted molar refractivity (Wildman–Crippen MR) is 83.9 cm³/mol. The maximum Gasteiger partial charge on any atom is 0.236 e. The molecule has 20 heavy (non-hydrogen) atoms. The summed E-state index contributed by atoms with van der Waals surface area (Å²) in [5, 5.41) is 5.44. The average molecular weight is 288 g/mol. The van der Waals surface area contributed by atoms with E-state index >= 15 is 0 Å². The molecule has 1 atom stereocenters. The van der Waals surface area contributed by atoms with Crippen molar-refractivity contribution in [2.24, 2.45) is 0 Å². The third kappa shape index (κ3) is 4.18. The van der Waals surface area contributed by atoms with E-state index in [9.17, 15) is 4.79 Å². The average Bonchev–Trinajstić information content (AvgIpc) is 2.98. The Kier molecular flexibility index (Phi) is 5.32. The smallest absolute Gasteiger partial charge is 0.236 e. The second-order valence-corrected chi connectivity index (χ2v) is 5.91. The van der Waals surface area contributed by atoms with Crippen molar-refractivity contribution in [3.63, 3.8) is 0 Å². The molecule has 106 valence electrons. The van der Waals surface area contributed by atoms with Crippen LogP contribution in [0.25, 0.3) is 0 Å². The quantitative estimate of drug-likeness (QED) is 0.886. The number of amides is 1. The number of nitrogens with one attached hydrogen (secondary N) is 1. The maximum atomic E-state index is 11.7. The zero-order valence-electron chi connectivity index (χ0n) is 11.9. The molecule has 2 rings (SSSR count). The van der Waals surface area contributed by atoms with Crippen molar-refractivity contribution in [3.05, 3.63) is 58.3 Å². The minimum absolute atomic E-state index is 0.0969. The number of benzene rings is 1. The molecule has 0 aliphatic heterocycles. The highest BCUT2D eigenvalue weighted by molar-refractivity contribution is 7.10. The van der Waals surface area contributed by atoms with Crippen LogP contribution >= 0.6 is 11.3 Å². The SMILES string of the molecule is CN(C)C(=O)CN[C@@H](Cc1ccccc1)c1cccs1. The van der Waals surface area contributed by atoms with Crippen LogP contribution in [0.4, 0.5) is 0 Å². The van der Waals surface area contributed by atoms with Crippen molar-refractivity contribution in [2.45, 2.75) is 12.5 Å². The van der Waals surface area contributed by atoms with E-state index in [0.717, 1.165) is 6.42 Å².